The molecule has 0 bridgehead atoms. The van der Waals surface area contributed by atoms with Crippen molar-refractivity contribution in [3.05, 3.63) is 42.5 Å². The lowest BCUT2D eigenvalue weighted by Gasteiger charge is -2.28. The maximum absolute atomic E-state index is 12.5. The van der Waals surface area contributed by atoms with Crippen molar-refractivity contribution >= 4 is 11.8 Å². The summed E-state index contributed by atoms with van der Waals surface area (Å²) >= 11 is 0. The van der Waals surface area contributed by atoms with E-state index < -0.39 is 0 Å². The van der Waals surface area contributed by atoms with Crippen LogP contribution in [0.2, 0.25) is 0 Å². The van der Waals surface area contributed by atoms with E-state index in [-0.39, 0.29) is 30.2 Å². The molecule has 0 radical (unpaired) electrons. The quantitative estimate of drug-likeness (QED) is 0.746. The van der Waals surface area contributed by atoms with Crippen LogP contribution in [-0.4, -0.2) is 36.9 Å². The van der Waals surface area contributed by atoms with E-state index in [2.05, 4.69) is 18.8 Å². The maximum atomic E-state index is 12.5. The molecule has 2 rings (SSSR count). The lowest BCUT2D eigenvalue weighted by atomic mass is 9.92. The number of hydrogen-bond acceptors (Lipinski definition) is 3. The predicted octanol–water partition coefficient (Wildman–Crippen LogP) is 2.69. The first-order valence-corrected chi connectivity index (χ1v) is 8.44. The summed E-state index contributed by atoms with van der Waals surface area (Å²) in [6.07, 6.45) is 3.83. The standard InChI is InChI=1S/C19H26N2O3/c1-4-6-12-21-17(22)13-16(19(23)20-11-5-2)18(21)14-7-9-15(24-3)10-8-14/h5,7-10,16,18H,2,4,6,11-13H2,1,3H3,(H,20,23)/t16-,18+/m0/s1. The molecule has 1 N–H and O–H groups in total. The van der Waals surface area contributed by atoms with Gasteiger partial charge in [0.25, 0.3) is 0 Å². The van der Waals surface area contributed by atoms with Crippen LogP contribution in [0.25, 0.3) is 0 Å². The third kappa shape index (κ3) is 3.96. The Labute approximate surface area is 143 Å². The summed E-state index contributed by atoms with van der Waals surface area (Å²) in [5, 5.41) is 2.83. The third-order valence-corrected chi connectivity index (χ3v) is 4.40. The zero-order chi connectivity index (χ0) is 17.5. The van der Waals surface area contributed by atoms with Gasteiger partial charge in [0, 0.05) is 19.5 Å². The van der Waals surface area contributed by atoms with Gasteiger partial charge in [0.2, 0.25) is 11.8 Å². The van der Waals surface area contributed by atoms with Crippen LogP contribution in [0.1, 0.15) is 37.8 Å². The number of hydrogen-bond donors (Lipinski definition) is 1. The zero-order valence-corrected chi connectivity index (χ0v) is 14.5. The molecule has 0 aromatic heterocycles. The lowest BCUT2D eigenvalue weighted by molar-refractivity contribution is -0.129. The van der Waals surface area contributed by atoms with E-state index in [0.717, 1.165) is 24.2 Å². The predicted molar refractivity (Wildman–Crippen MR) is 93.7 cm³/mol. The van der Waals surface area contributed by atoms with Crippen LogP contribution < -0.4 is 10.1 Å². The topological polar surface area (TPSA) is 58.6 Å². The minimum absolute atomic E-state index is 0.0445. The molecule has 0 aliphatic carbocycles. The number of nitrogens with one attached hydrogen (secondary N) is 1. The largest absolute Gasteiger partial charge is 0.497 e. The minimum atomic E-state index is -0.372. The zero-order valence-electron chi connectivity index (χ0n) is 14.5. The number of nitrogens with zero attached hydrogens (tertiary/aromatic N) is 1. The van der Waals surface area contributed by atoms with Gasteiger partial charge < -0.3 is 15.0 Å². The van der Waals surface area contributed by atoms with Crippen LogP contribution in [0, 0.1) is 5.92 Å². The minimum Gasteiger partial charge on any atom is -0.497 e. The van der Waals surface area contributed by atoms with Crippen molar-refractivity contribution in [1.29, 1.82) is 0 Å². The summed E-state index contributed by atoms with van der Waals surface area (Å²) in [7, 11) is 1.62. The first kappa shape index (κ1) is 18.0. The number of likely N-dealkylation sites (tertiary alicyclic amines) is 1. The number of carbonyl (C=O) groups excluding carboxylic acids is 2. The molecule has 1 aliphatic rings. The summed E-state index contributed by atoms with van der Waals surface area (Å²) in [4.78, 5) is 26.8. The summed E-state index contributed by atoms with van der Waals surface area (Å²) in [6, 6.07) is 7.40. The van der Waals surface area contributed by atoms with Gasteiger partial charge in [0.05, 0.1) is 19.1 Å². The number of ether oxygens (including phenoxy) is 1. The molecule has 5 heteroatoms. The maximum Gasteiger partial charge on any atom is 0.226 e. The molecule has 0 spiro atoms. The smallest absolute Gasteiger partial charge is 0.226 e. The molecule has 1 aromatic rings. The monoisotopic (exact) mass is 330 g/mol. The van der Waals surface area contributed by atoms with Crippen molar-refractivity contribution < 1.29 is 14.3 Å². The Morgan fingerprint density at radius 2 is 2.12 bits per heavy atom. The normalized spacial score (nSPS) is 20.1. The van der Waals surface area contributed by atoms with Crippen molar-refractivity contribution in [3.63, 3.8) is 0 Å². The fourth-order valence-corrected chi connectivity index (χ4v) is 3.13. The van der Waals surface area contributed by atoms with Crippen LogP contribution in [0.5, 0.6) is 5.75 Å². The van der Waals surface area contributed by atoms with E-state index in [9.17, 15) is 9.59 Å². The Hall–Kier alpha value is -2.30. The molecule has 0 unspecified atom stereocenters. The number of unbranched alkanes of at least 4 members (excludes halogenated alkanes) is 1. The van der Waals surface area contributed by atoms with E-state index in [4.69, 9.17) is 4.74 Å². The van der Waals surface area contributed by atoms with E-state index >= 15 is 0 Å². The summed E-state index contributed by atoms with van der Waals surface area (Å²) in [5.41, 5.74) is 0.969. The fourth-order valence-electron chi connectivity index (χ4n) is 3.13. The molecule has 2 amide bonds. The molecule has 1 aliphatic heterocycles. The second kappa shape index (κ2) is 8.52. The number of benzene rings is 1. The van der Waals surface area contributed by atoms with Gasteiger partial charge in [-0.15, -0.1) is 6.58 Å². The molecular weight excluding hydrogens is 304 g/mol. The van der Waals surface area contributed by atoms with E-state index in [1.165, 1.54) is 0 Å². The number of methoxy groups -OCH3 is 1. The highest BCUT2D eigenvalue weighted by atomic mass is 16.5. The molecular formula is C19H26N2O3. The molecule has 0 saturated carbocycles. The Morgan fingerprint density at radius 1 is 1.42 bits per heavy atom. The number of amides is 2. The van der Waals surface area contributed by atoms with Gasteiger partial charge in [-0.05, 0) is 24.1 Å². The van der Waals surface area contributed by atoms with Crippen LogP contribution in [0.4, 0.5) is 0 Å². The molecule has 1 saturated heterocycles. The van der Waals surface area contributed by atoms with Gasteiger partial charge in [-0.25, -0.2) is 0 Å². The van der Waals surface area contributed by atoms with Gasteiger partial charge in [0.15, 0.2) is 0 Å². The highest BCUT2D eigenvalue weighted by Crippen LogP contribution is 2.39. The summed E-state index contributed by atoms with van der Waals surface area (Å²) in [5.74, 6) is 0.338. The lowest BCUT2D eigenvalue weighted by Crippen LogP contribution is -2.36. The van der Waals surface area contributed by atoms with E-state index in [0.29, 0.717) is 13.1 Å². The Balaban J connectivity index is 2.29. The molecule has 2 atom stereocenters. The molecule has 1 heterocycles. The molecule has 24 heavy (non-hydrogen) atoms. The second-order valence-electron chi connectivity index (χ2n) is 6.00. The van der Waals surface area contributed by atoms with Gasteiger partial charge >= 0.3 is 0 Å². The van der Waals surface area contributed by atoms with Crippen molar-refractivity contribution in [2.75, 3.05) is 20.2 Å². The Kier molecular flexibility index (Phi) is 6.41. The Morgan fingerprint density at radius 3 is 2.71 bits per heavy atom. The van der Waals surface area contributed by atoms with Gasteiger partial charge in [0.1, 0.15) is 5.75 Å². The number of carbonyl (C=O) groups is 2. The number of rotatable bonds is 8. The molecule has 1 aromatic carbocycles. The van der Waals surface area contributed by atoms with Gasteiger partial charge in [-0.3, -0.25) is 9.59 Å². The van der Waals surface area contributed by atoms with Gasteiger partial charge in [-0.2, -0.15) is 0 Å². The Bertz CT molecular complexity index is 583. The van der Waals surface area contributed by atoms with E-state index in [1.807, 2.05) is 29.2 Å². The van der Waals surface area contributed by atoms with Crippen molar-refractivity contribution in [1.82, 2.24) is 10.2 Å². The SMILES string of the molecule is C=CCNC(=O)[C@H]1CC(=O)N(CCCC)[C@@H]1c1ccc(OC)cc1. The van der Waals surface area contributed by atoms with Crippen molar-refractivity contribution in [3.8, 4) is 5.75 Å². The second-order valence-corrected chi connectivity index (χ2v) is 6.00. The highest BCUT2D eigenvalue weighted by Gasteiger charge is 2.43. The average molecular weight is 330 g/mol. The summed E-state index contributed by atoms with van der Waals surface area (Å²) < 4.78 is 5.20. The summed E-state index contributed by atoms with van der Waals surface area (Å²) in [6.45, 7) is 6.80. The van der Waals surface area contributed by atoms with Crippen LogP contribution in [0.3, 0.4) is 0 Å². The van der Waals surface area contributed by atoms with Crippen molar-refractivity contribution in [2.24, 2.45) is 5.92 Å². The molecule has 5 nitrogen and oxygen atoms in total. The fraction of sp³-hybridized carbons (Fsp3) is 0.474. The average Bonchev–Trinajstić information content (AvgIpc) is 2.94. The third-order valence-electron chi connectivity index (χ3n) is 4.40. The highest BCUT2D eigenvalue weighted by molar-refractivity contribution is 5.90. The molecule has 1 fully saturated rings. The first-order valence-electron chi connectivity index (χ1n) is 8.44. The van der Waals surface area contributed by atoms with Crippen LogP contribution >= 0.6 is 0 Å². The van der Waals surface area contributed by atoms with Crippen LogP contribution in [-0.2, 0) is 9.59 Å². The van der Waals surface area contributed by atoms with Gasteiger partial charge in [-0.1, -0.05) is 31.6 Å². The van der Waals surface area contributed by atoms with E-state index in [1.54, 1.807) is 13.2 Å². The van der Waals surface area contributed by atoms with Crippen LogP contribution in [0.15, 0.2) is 36.9 Å². The first-order chi connectivity index (χ1) is 11.6. The molecule has 130 valence electrons. The van der Waals surface area contributed by atoms with Crippen molar-refractivity contribution in [2.45, 2.75) is 32.2 Å².